The summed E-state index contributed by atoms with van der Waals surface area (Å²) in [5.74, 6) is 0. The standard InChI is InChI=1S/C56H32S/c1-2-13-35-27-36(22-21-33(35)11-1)47-29-50-42-18-8-6-16-40(42)48(30-51(50)41-17-7-5-15-39(41)47)37-24-25-45-49(28-37)43-19-9-10-20-44(43)52-31-54-46-26-23-34-12-3-4-14-38(34)56(46)57-55(54)32-53(45)52/h1-32H. The molecule has 1 heterocycles. The summed E-state index contributed by atoms with van der Waals surface area (Å²) in [5.41, 5.74) is 5.02. The molecule has 0 spiro atoms. The molecule has 0 amide bonds. The van der Waals surface area contributed by atoms with Crippen LogP contribution in [-0.4, -0.2) is 0 Å². The van der Waals surface area contributed by atoms with Crippen molar-refractivity contribution in [1.82, 2.24) is 0 Å². The number of hydrogen-bond donors (Lipinski definition) is 0. The van der Waals surface area contributed by atoms with E-state index < -0.39 is 0 Å². The van der Waals surface area contributed by atoms with Crippen LogP contribution in [0.25, 0.3) is 129 Å². The van der Waals surface area contributed by atoms with Crippen LogP contribution in [0.4, 0.5) is 0 Å². The van der Waals surface area contributed by atoms with Gasteiger partial charge in [-0.3, -0.25) is 0 Å². The molecule has 0 aliphatic rings. The molecule has 0 unspecified atom stereocenters. The van der Waals surface area contributed by atoms with Crippen LogP contribution in [0, 0.1) is 0 Å². The normalized spacial score (nSPS) is 12.2. The van der Waals surface area contributed by atoms with E-state index in [9.17, 15) is 0 Å². The quantitative estimate of drug-likeness (QED) is 0.155. The van der Waals surface area contributed by atoms with Crippen molar-refractivity contribution in [2.24, 2.45) is 0 Å². The topological polar surface area (TPSA) is 0 Å². The summed E-state index contributed by atoms with van der Waals surface area (Å²) in [6, 6.07) is 72.9. The van der Waals surface area contributed by atoms with Gasteiger partial charge in [-0.25, -0.2) is 0 Å². The van der Waals surface area contributed by atoms with E-state index in [2.05, 4.69) is 194 Å². The molecule has 0 aliphatic heterocycles. The lowest BCUT2D eigenvalue weighted by Gasteiger charge is -2.17. The highest BCUT2D eigenvalue weighted by Crippen LogP contribution is 2.46. The maximum Gasteiger partial charge on any atom is 0.0433 e. The van der Waals surface area contributed by atoms with Gasteiger partial charge in [-0.05, 0) is 145 Å². The first-order chi connectivity index (χ1) is 28.2. The fourth-order valence-corrected chi connectivity index (χ4v) is 11.2. The lowest BCUT2D eigenvalue weighted by Crippen LogP contribution is -1.90. The summed E-state index contributed by atoms with van der Waals surface area (Å²) in [6.07, 6.45) is 0. The number of hydrogen-bond acceptors (Lipinski definition) is 1. The highest BCUT2D eigenvalue weighted by Gasteiger charge is 2.18. The lowest BCUT2D eigenvalue weighted by atomic mass is 9.86. The second kappa shape index (κ2) is 11.7. The van der Waals surface area contributed by atoms with E-state index in [-0.39, 0.29) is 0 Å². The van der Waals surface area contributed by atoms with Crippen molar-refractivity contribution in [3.05, 3.63) is 194 Å². The van der Waals surface area contributed by atoms with Crippen LogP contribution in [0.15, 0.2) is 194 Å². The second-order valence-electron chi connectivity index (χ2n) is 15.6. The highest BCUT2D eigenvalue weighted by atomic mass is 32.1. The van der Waals surface area contributed by atoms with Gasteiger partial charge in [0.25, 0.3) is 0 Å². The number of benzene rings is 12. The molecule has 0 atom stereocenters. The zero-order chi connectivity index (χ0) is 37.2. The fraction of sp³-hybridized carbons (Fsp3) is 0. The zero-order valence-corrected chi connectivity index (χ0v) is 31.7. The molecule has 12 aromatic carbocycles. The number of fused-ring (bicyclic) bond motifs is 17. The summed E-state index contributed by atoms with van der Waals surface area (Å²) < 4.78 is 2.71. The molecule has 0 aliphatic carbocycles. The molecule has 13 rings (SSSR count). The maximum atomic E-state index is 2.46. The molecular formula is C56H32S. The van der Waals surface area contributed by atoms with E-state index in [4.69, 9.17) is 0 Å². The van der Waals surface area contributed by atoms with E-state index in [0.29, 0.717) is 0 Å². The SMILES string of the molecule is c1ccc2cc(-c3cc4c5ccccc5c(-c5ccc6c(c5)c5ccccc5c5cc7c(cc65)sc5c6ccccc6ccc75)cc4c4ccccc34)ccc2c1. The lowest BCUT2D eigenvalue weighted by molar-refractivity contribution is 1.69. The van der Waals surface area contributed by atoms with E-state index >= 15 is 0 Å². The minimum atomic E-state index is 1.24. The molecule has 1 aromatic heterocycles. The van der Waals surface area contributed by atoms with Crippen molar-refractivity contribution in [2.45, 2.75) is 0 Å². The van der Waals surface area contributed by atoms with Crippen molar-refractivity contribution in [3.8, 4) is 22.3 Å². The predicted molar refractivity (Wildman–Crippen MR) is 250 cm³/mol. The molecule has 0 bridgehead atoms. The van der Waals surface area contributed by atoms with Crippen LogP contribution in [0.1, 0.15) is 0 Å². The van der Waals surface area contributed by atoms with Crippen molar-refractivity contribution >= 4 is 118 Å². The van der Waals surface area contributed by atoms with Gasteiger partial charge < -0.3 is 0 Å². The first kappa shape index (κ1) is 31.2. The molecular weight excluding hydrogens is 705 g/mol. The Bertz CT molecular complexity index is 3860. The van der Waals surface area contributed by atoms with Gasteiger partial charge in [0.05, 0.1) is 0 Å². The second-order valence-corrected chi connectivity index (χ2v) is 16.6. The molecule has 0 saturated carbocycles. The van der Waals surface area contributed by atoms with Crippen LogP contribution in [0.2, 0.25) is 0 Å². The molecule has 0 nitrogen and oxygen atoms in total. The van der Waals surface area contributed by atoms with Gasteiger partial charge in [-0.2, -0.15) is 0 Å². The summed E-state index contributed by atoms with van der Waals surface area (Å²) in [6.45, 7) is 0. The average Bonchev–Trinajstić information content (AvgIpc) is 3.66. The van der Waals surface area contributed by atoms with Crippen LogP contribution in [0.5, 0.6) is 0 Å². The Morgan fingerprint density at radius 3 is 1.35 bits per heavy atom. The molecule has 0 saturated heterocycles. The minimum absolute atomic E-state index is 1.24. The first-order valence-corrected chi connectivity index (χ1v) is 20.6. The Hall–Kier alpha value is -7.06. The summed E-state index contributed by atoms with van der Waals surface area (Å²) in [5, 5.41) is 23.3. The molecule has 0 fully saturated rings. The van der Waals surface area contributed by atoms with E-state index in [1.165, 1.54) is 129 Å². The molecule has 1 heteroatoms. The smallest absolute Gasteiger partial charge is 0.0433 e. The Morgan fingerprint density at radius 2 is 0.667 bits per heavy atom. The Labute approximate surface area is 332 Å². The average molecular weight is 737 g/mol. The van der Waals surface area contributed by atoms with E-state index in [0.717, 1.165) is 0 Å². The third kappa shape index (κ3) is 4.49. The van der Waals surface area contributed by atoms with Gasteiger partial charge in [-0.15, -0.1) is 11.3 Å². The monoisotopic (exact) mass is 736 g/mol. The summed E-state index contributed by atoms with van der Waals surface area (Å²) in [4.78, 5) is 0. The van der Waals surface area contributed by atoms with E-state index in [1.807, 2.05) is 11.3 Å². The number of thiophene rings is 1. The Balaban J connectivity index is 1.07. The van der Waals surface area contributed by atoms with Crippen molar-refractivity contribution in [1.29, 1.82) is 0 Å². The van der Waals surface area contributed by atoms with Crippen LogP contribution >= 0.6 is 11.3 Å². The van der Waals surface area contributed by atoms with Crippen LogP contribution in [0.3, 0.4) is 0 Å². The molecule has 262 valence electrons. The maximum absolute atomic E-state index is 2.46. The van der Waals surface area contributed by atoms with Gasteiger partial charge in [0, 0.05) is 20.2 Å². The van der Waals surface area contributed by atoms with Gasteiger partial charge >= 0.3 is 0 Å². The largest absolute Gasteiger partial charge is 0.135 e. The van der Waals surface area contributed by atoms with Crippen molar-refractivity contribution < 1.29 is 0 Å². The summed E-state index contributed by atoms with van der Waals surface area (Å²) >= 11 is 1.92. The molecule has 0 radical (unpaired) electrons. The predicted octanol–water partition coefficient (Wildman–Crippen LogP) is 16.6. The van der Waals surface area contributed by atoms with E-state index in [1.54, 1.807) is 0 Å². The van der Waals surface area contributed by atoms with Gasteiger partial charge in [-0.1, -0.05) is 158 Å². The molecule has 13 aromatic rings. The Morgan fingerprint density at radius 1 is 0.228 bits per heavy atom. The highest BCUT2D eigenvalue weighted by molar-refractivity contribution is 7.26. The number of rotatable bonds is 2. The first-order valence-electron chi connectivity index (χ1n) is 19.7. The molecule has 0 N–H and O–H groups in total. The van der Waals surface area contributed by atoms with Crippen molar-refractivity contribution in [2.75, 3.05) is 0 Å². The van der Waals surface area contributed by atoms with Gasteiger partial charge in [0.1, 0.15) is 0 Å². The minimum Gasteiger partial charge on any atom is -0.135 e. The Kier molecular flexibility index (Phi) is 6.41. The van der Waals surface area contributed by atoms with Crippen molar-refractivity contribution in [3.63, 3.8) is 0 Å². The fourth-order valence-electron chi connectivity index (χ4n) is 9.90. The molecule has 57 heavy (non-hydrogen) atoms. The summed E-state index contributed by atoms with van der Waals surface area (Å²) in [7, 11) is 0. The van der Waals surface area contributed by atoms with Crippen LogP contribution in [-0.2, 0) is 0 Å². The third-order valence-corrected chi connectivity index (χ3v) is 13.8. The zero-order valence-electron chi connectivity index (χ0n) is 30.9. The van der Waals surface area contributed by atoms with Gasteiger partial charge in [0.2, 0.25) is 0 Å². The van der Waals surface area contributed by atoms with Crippen LogP contribution < -0.4 is 0 Å². The van der Waals surface area contributed by atoms with Gasteiger partial charge in [0.15, 0.2) is 0 Å². The third-order valence-electron chi connectivity index (χ3n) is 12.6.